The molecule has 0 bridgehead atoms. The van der Waals surface area contributed by atoms with Crippen LogP contribution >= 0.6 is 0 Å². The summed E-state index contributed by atoms with van der Waals surface area (Å²) < 4.78 is 0. The second-order valence-electron chi connectivity index (χ2n) is 6.60. The predicted octanol–water partition coefficient (Wildman–Crippen LogP) is 3.32. The minimum Gasteiger partial charge on any atom is -0.312 e. The van der Waals surface area contributed by atoms with Crippen LogP contribution < -0.4 is 4.90 Å². The molecule has 2 unspecified atom stereocenters. The lowest BCUT2D eigenvalue weighted by atomic mass is 9.95. The molecule has 2 saturated carbocycles. The first-order valence-corrected chi connectivity index (χ1v) is 7.64. The molecule has 2 heteroatoms. The molecule has 100 valence electrons. The van der Waals surface area contributed by atoms with Crippen molar-refractivity contribution in [3.05, 3.63) is 29.3 Å². The van der Waals surface area contributed by atoms with Gasteiger partial charge < -0.3 is 4.90 Å². The fourth-order valence-corrected chi connectivity index (χ4v) is 4.20. The number of hydrogen-bond acceptors (Lipinski definition) is 1. The van der Waals surface area contributed by atoms with Crippen LogP contribution in [-0.4, -0.2) is 12.5 Å². The monoisotopic (exact) mass is 255 g/mol. The number of para-hydroxylation sites is 1. The van der Waals surface area contributed by atoms with E-state index in [0.717, 1.165) is 44.1 Å². The number of carbonyl (C=O) groups is 1. The van der Waals surface area contributed by atoms with Gasteiger partial charge in [-0.2, -0.15) is 0 Å². The quantitative estimate of drug-likeness (QED) is 0.754. The van der Waals surface area contributed by atoms with Gasteiger partial charge in [0.05, 0.1) is 0 Å². The summed E-state index contributed by atoms with van der Waals surface area (Å²) in [6.07, 6.45) is 5.93. The smallest absolute Gasteiger partial charge is 0.230 e. The zero-order valence-electron chi connectivity index (χ0n) is 11.6. The SMILES string of the molecule is Cc1cccc2c1N(C(=O)C1CC3CC3C1)CCC2. The number of nitrogens with zero attached hydrogens (tertiary/aromatic N) is 1. The van der Waals surface area contributed by atoms with Gasteiger partial charge in [0.1, 0.15) is 0 Å². The van der Waals surface area contributed by atoms with Crippen molar-refractivity contribution in [2.45, 2.75) is 39.0 Å². The summed E-state index contributed by atoms with van der Waals surface area (Å²) >= 11 is 0. The van der Waals surface area contributed by atoms with Crippen molar-refractivity contribution in [1.29, 1.82) is 0 Å². The molecule has 1 aromatic carbocycles. The summed E-state index contributed by atoms with van der Waals surface area (Å²) in [4.78, 5) is 14.9. The van der Waals surface area contributed by atoms with E-state index in [1.54, 1.807) is 0 Å². The Morgan fingerprint density at radius 1 is 1.21 bits per heavy atom. The summed E-state index contributed by atoms with van der Waals surface area (Å²) in [5, 5.41) is 0. The molecule has 0 radical (unpaired) electrons. The number of carbonyl (C=O) groups excluding carboxylic acids is 1. The van der Waals surface area contributed by atoms with Crippen LogP contribution in [0.3, 0.4) is 0 Å². The highest BCUT2D eigenvalue weighted by atomic mass is 16.2. The van der Waals surface area contributed by atoms with Crippen molar-refractivity contribution in [1.82, 2.24) is 0 Å². The lowest BCUT2D eigenvalue weighted by molar-refractivity contribution is -0.122. The van der Waals surface area contributed by atoms with Gasteiger partial charge in [-0.1, -0.05) is 18.2 Å². The van der Waals surface area contributed by atoms with E-state index in [9.17, 15) is 4.79 Å². The van der Waals surface area contributed by atoms with Crippen LogP contribution in [0.25, 0.3) is 0 Å². The van der Waals surface area contributed by atoms with Crippen LogP contribution in [-0.2, 0) is 11.2 Å². The van der Waals surface area contributed by atoms with E-state index in [0.29, 0.717) is 11.8 Å². The van der Waals surface area contributed by atoms with E-state index in [4.69, 9.17) is 0 Å². The molecule has 19 heavy (non-hydrogen) atoms. The molecule has 2 atom stereocenters. The van der Waals surface area contributed by atoms with Crippen molar-refractivity contribution < 1.29 is 4.79 Å². The summed E-state index contributed by atoms with van der Waals surface area (Å²) in [7, 11) is 0. The van der Waals surface area contributed by atoms with Crippen molar-refractivity contribution >= 4 is 11.6 Å². The summed E-state index contributed by atoms with van der Waals surface area (Å²) in [6, 6.07) is 6.44. The van der Waals surface area contributed by atoms with E-state index in [1.807, 2.05) is 0 Å². The highest BCUT2D eigenvalue weighted by Gasteiger charge is 2.49. The largest absolute Gasteiger partial charge is 0.312 e. The minimum absolute atomic E-state index is 0.314. The normalized spacial score (nSPS) is 31.8. The molecule has 0 N–H and O–H groups in total. The first-order chi connectivity index (χ1) is 9.24. The van der Waals surface area contributed by atoms with Gasteiger partial charge in [-0.05, 0) is 62.0 Å². The van der Waals surface area contributed by atoms with Crippen molar-refractivity contribution in [2.75, 3.05) is 11.4 Å². The number of aryl methyl sites for hydroxylation is 2. The average molecular weight is 255 g/mol. The maximum absolute atomic E-state index is 12.8. The summed E-state index contributed by atoms with van der Waals surface area (Å²) in [5.74, 6) is 2.49. The molecule has 2 fully saturated rings. The Labute approximate surface area is 114 Å². The zero-order valence-corrected chi connectivity index (χ0v) is 11.6. The van der Waals surface area contributed by atoms with Gasteiger partial charge in [0.2, 0.25) is 5.91 Å². The maximum atomic E-state index is 12.8. The van der Waals surface area contributed by atoms with E-state index in [-0.39, 0.29) is 0 Å². The third-order valence-electron chi connectivity index (χ3n) is 5.28. The molecule has 4 rings (SSSR count). The van der Waals surface area contributed by atoms with E-state index < -0.39 is 0 Å². The van der Waals surface area contributed by atoms with Crippen LogP contribution in [0, 0.1) is 24.7 Å². The van der Waals surface area contributed by atoms with E-state index >= 15 is 0 Å². The number of amides is 1. The zero-order chi connectivity index (χ0) is 13.0. The van der Waals surface area contributed by atoms with Crippen LogP contribution in [0.4, 0.5) is 5.69 Å². The third kappa shape index (κ3) is 1.80. The van der Waals surface area contributed by atoms with Crippen molar-refractivity contribution in [3.63, 3.8) is 0 Å². The average Bonchev–Trinajstić information content (AvgIpc) is 3.04. The lowest BCUT2D eigenvalue weighted by Gasteiger charge is -2.33. The molecule has 1 aromatic rings. The summed E-state index contributed by atoms with van der Waals surface area (Å²) in [5.41, 5.74) is 3.84. The molecule has 0 spiro atoms. The molecule has 1 aliphatic heterocycles. The Morgan fingerprint density at radius 2 is 2.00 bits per heavy atom. The lowest BCUT2D eigenvalue weighted by Crippen LogP contribution is -2.39. The predicted molar refractivity (Wildman–Crippen MR) is 76.2 cm³/mol. The highest BCUT2D eigenvalue weighted by molar-refractivity contribution is 5.97. The number of benzene rings is 1. The van der Waals surface area contributed by atoms with Gasteiger partial charge >= 0.3 is 0 Å². The Kier molecular flexibility index (Phi) is 2.48. The molecule has 2 nitrogen and oxygen atoms in total. The fraction of sp³-hybridized carbons (Fsp3) is 0.588. The standard InChI is InChI=1S/C17H21NO/c1-11-4-2-5-12-6-3-7-18(16(11)12)17(19)15-9-13-8-14(13)10-15/h2,4-5,13-15H,3,6-10H2,1H3. The van der Waals surface area contributed by atoms with Gasteiger partial charge in [0.15, 0.2) is 0 Å². The molecule has 0 saturated heterocycles. The van der Waals surface area contributed by atoms with Crippen LogP contribution in [0.1, 0.15) is 36.8 Å². The molecule has 1 amide bonds. The van der Waals surface area contributed by atoms with Crippen molar-refractivity contribution in [2.24, 2.45) is 17.8 Å². The van der Waals surface area contributed by atoms with Gasteiger partial charge in [0, 0.05) is 18.2 Å². The second-order valence-corrected chi connectivity index (χ2v) is 6.60. The molecular weight excluding hydrogens is 234 g/mol. The number of hydrogen-bond donors (Lipinski definition) is 0. The van der Waals surface area contributed by atoms with E-state index in [2.05, 4.69) is 30.0 Å². The number of anilines is 1. The Morgan fingerprint density at radius 3 is 2.79 bits per heavy atom. The Bertz CT molecular complexity index is 526. The van der Waals surface area contributed by atoms with Crippen molar-refractivity contribution in [3.8, 4) is 0 Å². The van der Waals surface area contributed by atoms with Crippen LogP contribution in [0.15, 0.2) is 18.2 Å². The Hall–Kier alpha value is -1.31. The fourth-order valence-electron chi connectivity index (χ4n) is 4.20. The number of fused-ring (bicyclic) bond motifs is 2. The summed E-state index contributed by atoms with van der Waals surface area (Å²) in [6.45, 7) is 3.05. The first-order valence-electron chi connectivity index (χ1n) is 7.64. The topological polar surface area (TPSA) is 20.3 Å². The Balaban J connectivity index is 1.64. The third-order valence-corrected chi connectivity index (χ3v) is 5.28. The van der Waals surface area contributed by atoms with Gasteiger partial charge in [-0.15, -0.1) is 0 Å². The minimum atomic E-state index is 0.314. The molecule has 2 aliphatic carbocycles. The second kappa shape index (κ2) is 4.09. The highest BCUT2D eigenvalue weighted by Crippen LogP contribution is 2.55. The molecule has 0 aromatic heterocycles. The van der Waals surface area contributed by atoms with Gasteiger partial charge in [0.25, 0.3) is 0 Å². The number of rotatable bonds is 1. The van der Waals surface area contributed by atoms with Crippen LogP contribution in [0.2, 0.25) is 0 Å². The van der Waals surface area contributed by atoms with Gasteiger partial charge in [-0.25, -0.2) is 0 Å². The van der Waals surface area contributed by atoms with Crippen LogP contribution in [0.5, 0.6) is 0 Å². The maximum Gasteiger partial charge on any atom is 0.230 e. The molecule has 1 heterocycles. The molecular formula is C17H21NO. The van der Waals surface area contributed by atoms with E-state index in [1.165, 1.54) is 23.2 Å². The van der Waals surface area contributed by atoms with Gasteiger partial charge in [-0.3, -0.25) is 4.79 Å². The molecule has 3 aliphatic rings. The first kappa shape index (κ1) is 11.5.